The van der Waals surface area contributed by atoms with Crippen molar-refractivity contribution in [1.82, 2.24) is 15.4 Å². The number of aromatic nitrogens is 2. The third kappa shape index (κ3) is 3.23. The van der Waals surface area contributed by atoms with Gasteiger partial charge in [-0.3, -0.25) is 0 Å². The fourth-order valence-corrected chi connectivity index (χ4v) is 2.98. The average molecular weight is 394 g/mol. The molecule has 24 heavy (non-hydrogen) atoms. The smallest absolute Gasteiger partial charge is 0.151 e. The molecule has 9 heteroatoms. The number of anilines is 4. The van der Waals surface area contributed by atoms with Gasteiger partial charge in [0.25, 0.3) is 0 Å². The number of nitrogen functional groups attached to an aromatic ring is 1. The first kappa shape index (κ1) is 16.7. The Kier molecular flexibility index (Phi) is 4.74. The molecule has 0 aliphatic carbocycles. The van der Waals surface area contributed by atoms with E-state index in [0.717, 1.165) is 22.6 Å². The minimum atomic E-state index is -0.103. The van der Waals surface area contributed by atoms with Crippen molar-refractivity contribution in [3.05, 3.63) is 29.6 Å². The molecule has 3 rings (SSSR count). The van der Waals surface area contributed by atoms with Crippen molar-refractivity contribution in [2.45, 2.75) is 31.4 Å². The van der Waals surface area contributed by atoms with Crippen LogP contribution in [0.4, 0.5) is 23.0 Å². The van der Waals surface area contributed by atoms with Gasteiger partial charge in [-0.15, -0.1) is 0 Å². The minimum absolute atomic E-state index is 0.0112. The largest absolute Gasteiger partial charge is 0.489 e. The van der Waals surface area contributed by atoms with Gasteiger partial charge in [-0.1, -0.05) is 15.9 Å². The summed E-state index contributed by atoms with van der Waals surface area (Å²) in [5.74, 6) is 2.04. The molecule has 0 spiro atoms. The molecule has 0 fully saturated rings. The van der Waals surface area contributed by atoms with Crippen LogP contribution in [0, 0.1) is 0 Å². The summed E-state index contributed by atoms with van der Waals surface area (Å²) >= 11 is 3.53. The molecule has 0 amide bonds. The van der Waals surface area contributed by atoms with Crippen molar-refractivity contribution >= 4 is 38.9 Å². The molecule has 0 radical (unpaired) electrons. The summed E-state index contributed by atoms with van der Waals surface area (Å²) in [5, 5.41) is 3.31. The van der Waals surface area contributed by atoms with Crippen molar-refractivity contribution in [3.8, 4) is 5.75 Å². The van der Waals surface area contributed by atoms with Crippen LogP contribution in [-0.4, -0.2) is 16.1 Å². The molecule has 1 atom stereocenters. The number of benzene rings is 1. The van der Waals surface area contributed by atoms with E-state index >= 15 is 0 Å². The zero-order chi connectivity index (χ0) is 17.3. The molecule has 2 heterocycles. The number of alkyl halides is 1. The summed E-state index contributed by atoms with van der Waals surface area (Å²) in [6, 6.07) is 3.68. The number of nitrogens with zero attached hydrogens (tertiary/aromatic N) is 2. The highest BCUT2D eigenvalue weighted by Crippen LogP contribution is 2.39. The Labute approximate surface area is 148 Å². The van der Waals surface area contributed by atoms with Crippen LogP contribution in [-0.2, 0) is 6.54 Å². The van der Waals surface area contributed by atoms with E-state index in [4.69, 9.17) is 16.2 Å². The van der Waals surface area contributed by atoms with Crippen molar-refractivity contribution in [3.63, 3.8) is 0 Å². The maximum absolute atomic E-state index is 6.04. The second-order valence-corrected chi connectivity index (χ2v) is 6.58. The summed E-state index contributed by atoms with van der Waals surface area (Å²) in [6.45, 7) is 4.26. The predicted molar refractivity (Wildman–Crippen MR) is 98.3 cm³/mol. The Morgan fingerprint density at radius 2 is 2.17 bits per heavy atom. The van der Waals surface area contributed by atoms with Crippen molar-refractivity contribution in [2.24, 2.45) is 5.73 Å². The molecule has 1 aliphatic rings. The van der Waals surface area contributed by atoms with Gasteiger partial charge < -0.3 is 26.9 Å². The molecule has 1 aliphatic heterocycles. The van der Waals surface area contributed by atoms with E-state index in [1.165, 1.54) is 6.33 Å². The molecule has 0 bridgehead atoms. The van der Waals surface area contributed by atoms with E-state index in [-0.39, 0.29) is 11.1 Å². The molecule has 1 aromatic carbocycles. The molecule has 1 unspecified atom stereocenters. The number of nitrogens with two attached hydrogens (primary N) is 2. The lowest BCUT2D eigenvalue weighted by Crippen LogP contribution is -2.14. The van der Waals surface area contributed by atoms with Crippen LogP contribution in [0.25, 0.3) is 0 Å². The maximum atomic E-state index is 6.04. The highest BCUT2D eigenvalue weighted by atomic mass is 79.9. The Hall–Kier alpha value is -2.10. The fraction of sp³-hybridized carbons (Fsp3) is 0.333. The summed E-state index contributed by atoms with van der Waals surface area (Å²) in [5.41, 5.74) is 20.9. The lowest BCUT2D eigenvalue weighted by molar-refractivity contribution is 0.244. The molecule has 7 N–H and O–H groups in total. The van der Waals surface area contributed by atoms with Crippen LogP contribution in [0.15, 0.2) is 18.5 Å². The molecule has 0 saturated carbocycles. The van der Waals surface area contributed by atoms with Crippen LogP contribution < -0.4 is 32.4 Å². The van der Waals surface area contributed by atoms with Gasteiger partial charge in [-0.25, -0.2) is 15.4 Å². The Balaban J connectivity index is 2.02. The van der Waals surface area contributed by atoms with E-state index in [1.807, 2.05) is 19.9 Å². The maximum Gasteiger partial charge on any atom is 0.151 e. The van der Waals surface area contributed by atoms with Crippen molar-refractivity contribution in [2.75, 3.05) is 16.5 Å². The number of halogens is 1. The van der Waals surface area contributed by atoms with Gasteiger partial charge in [0.2, 0.25) is 0 Å². The fourth-order valence-electron chi connectivity index (χ4n) is 2.43. The SMILES string of the molecule is CC(C)Oc1cc(N)c(CN)cc1Nc1ncnc2c1C(Br)NN2. The lowest BCUT2D eigenvalue weighted by atomic mass is 10.1. The molecule has 2 aromatic rings. The second kappa shape index (κ2) is 6.80. The number of rotatable bonds is 5. The summed E-state index contributed by atoms with van der Waals surface area (Å²) in [7, 11) is 0. The van der Waals surface area contributed by atoms with Crippen LogP contribution in [0.3, 0.4) is 0 Å². The predicted octanol–water partition coefficient (Wildman–Crippen LogP) is 2.37. The van der Waals surface area contributed by atoms with Crippen LogP contribution in [0.2, 0.25) is 0 Å². The van der Waals surface area contributed by atoms with Crippen LogP contribution in [0.1, 0.15) is 29.9 Å². The number of hydrogen-bond acceptors (Lipinski definition) is 8. The molecular formula is C15H20BrN7O. The highest BCUT2D eigenvalue weighted by molar-refractivity contribution is 9.09. The molecular weight excluding hydrogens is 374 g/mol. The quantitative estimate of drug-likeness (QED) is 0.298. The highest BCUT2D eigenvalue weighted by Gasteiger charge is 2.25. The summed E-state index contributed by atoms with van der Waals surface area (Å²) in [6.07, 6.45) is 1.50. The average Bonchev–Trinajstić information content (AvgIpc) is 2.92. The Bertz CT molecular complexity index is 753. The monoisotopic (exact) mass is 393 g/mol. The first-order valence-corrected chi connectivity index (χ1v) is 8.47. The Morgan fingerprint density at radius 1 is 1.38 bits per heavy atom. The molecule has 0 saturated heterocycles. The van der Waals surface area contributed by atoms with E-state index < -0.39 is 0 Å². The van der Waals surface area contributed by atoms with Crippen LogP contribution >= 0.6 is 15.9 Å². The van der Waals surface area contributed by atoms with Gasteiger partial charge in [0, 0.05) is 18.3 Å². The third-order valence-electron chi connectivity index (χ3n) is 3.53. The number of hydrazine groups is 1. The van der Waals surface area contributed by atoms with E-state index in [2.05, 4.69) is 42.1 Å². The van der Waals surface area contributed by atoms with Gasteiger partial charge in [-0.2, -0.15) is 0 Å². The second-order valence-electron chi connectivity index (χ2n) is 5.66. The zero-order valence-electron chi connectivity index (χ0n) is 13.4. The summed E-state index contributed by atoms with van der Waals surface area (Å²) in [4.78, 5) is 8.45. The van der Waals surface area contributed by atoms with Gasteiger partial charge >= 0.3 is 0 Å². The van der Waals surface area contributed by atoms with E-state index in [9.17, 15) is 0 Å². The number of ether oxygens (including phenoxy) is 1. The van der Waals surface area contributed by atoms with E-state index in [0.29, 0.717) is 23.8 Å². The first-order chi connectivity index (χ1) is 11.5. The Morgan fingerprint density at radius 3 is 2.88 bits per heavy atom. The zero-order valence-corrected chi connectivity index (χ0v) is 15.0. The first-order valence-electron chi connectivity index (χ1n) is 7.56. The molecule has 128 valence electrons. The van der Waals surface area contributed by atoms with E-state index in [1.54, 1.807) is 6.07 Å². The third-order valence-corrected chi connectivity index (χ3v) is 4.22. The topological polar surface area (TPSA) is 123 Å². The summed E-state index contributed by atoms with van der Waals surface area (Å²) < 4.78 is 5.87. The number of fused-ring (bicyclic) bond motifs is 1. The van der Waals surface area contributed by atoms with Gasteiger partial charge in [0.05, 0.1) is 17.4 Å². The van der Waals surface area contributed by atoms with Crippen molar-refractivity contribution < 1.29 is 4.74 Å². The standard InChI is InChI=1S/C15H20BrN7O/c1-7(2)24-11-4-9(18)8(5-17)3-10(11)21-14-12-13(16)22-23-15(12)20-6-19-14/h3-4,6-7,13,22H,5,17-18H2,1-2H3,(H2,19,20,21,23). The van der Waals surface area contributed by atoms with Gasteiger partial charge in [0.1, 0.15) is 22.8 Å². The molecule has 1 aromatic heterocycles. The van der Waals surface area contributed by atoms with Crippen LogP contribution in [0.5, 0.6) is 5.75 Å². The van der Waals surface area contributed by atoms with Crippen molar-refractivity contribution in [1.29, 1.82) is 0 Å². The molecule has 8 nitrogen and oxygen atoms in total. The van der Waals surface area contributed by atoms with Gasteiger partial charge in [-0.05, 0) is 25.5 Å². The number of nitrogens with one attached hydrogen (secondary N) is 3. The minimum Gasteiger partial charge on any atom is -0.489 e. The number of hydrogen-bond donors (Lipinski definition) is 5. The normalized spacial score (nSPS) is 16.0. The van der Waals surface area contributed by atoms with Gasteiger partial charge in [0.15, 0.2) is 5.82 Å². The lowest BCUT2D eigenvalue weighted by Gasteiger charge is -2.18.